The number of nitrogens with one attached hydrogen (secondary N) is 2. The molecule has 2 N–H and O–H groups in total. The van der Waals surface area contributed by atoms with Crippen molar-refractivity contribution in [2.45, 2.75) is 37.0 Å². The third-order valence-corrected chi connectivity index (χ3v) is 3.95. The molecule has 2 nitrogen and oxygen atoms in total. The van der Waals surface area contributed by atoms with Crippen LogP contribution in [0, 0.1) is 5.41 Å². The SMILES string of the molecule is N=C1CS[C@H]2CCCC[C@H]2N1. The van der Waals surface area contributed by atoms with E-state index in [1.54, 1.807) is 0 Å². The van der Waals surface area contributed by atoms with Gasteiger partial charge in [-0.15, -0.1) is 11.8 Å². The minimum absolute atomic E-state index is 0.620. The summed E-state index contributed by atoms with van der Waals surface area (Å²) in [6.07, 6.45) is 5.38. The van der Waals surface area contributed by atoms with Gasteiger partial charge in [-0.3, -0.25) is 5.41 Å². The molecule has 0 spiro atoms. The Balaban J connectivity index is 1.98. The number of hydrogen-bond donors (Lipinski definition) is 2. The smallest absolute Gasteiger partial charge is 0.104 e. The molecule has 2 aliphatic rings. The largest absolute Gasteiger partial charge is 0.369 e. The molecule has 1 saturated heterocycles. The van der Waals surface area contributed by atoms with E-state index in [0.29, 0.717) is 6.04 Å². The standard InChI is InChI=1S/C8H14N2S/c9-8-5-11-7-4-2-1-3-6(7)10-8/h6-7H,1-5H2,(H2,9,10)/t6-,7+/m1/s1. The minimum atomic E-state index is 0.620. The molecule has 11 heavy (non-hydrogen) atoms. The third kappa shape index (κ3) is 1.53. The zero-order valence-electron chi connectivity index (χ0n) is 6.60. The van der Waals surface area contributed by atoms with Crippen molar-refractivity contribution in [2.24, 2.45) is 0 Å². The van der Waals surface area contributed by atoms with Gasteiger partial charge in [0.25, 0.3) is 0 Å². The van der Waals surface area contributed by atoms with E-state index in [1.807, 2.05) is 11.8 Å². The molecule has 0 bridgehead atoms. The fourth-order valence-corrected chi connectivity index (χ4v) is 3.15. The fourth-order valence-electron chi connectivity index (χ4n) is 1.92. The maximum atomic E-state index is 7.48. The van der Waals surface area contributed by atoms with Gasteiger partial charge in [0, 0.05) is 11.3 Å². The quantitative estimate of drug-likeness (QED) is 0.579. The molecule has 1 aliphatic carbocycles. The highest BCUT2D eigenvalue weighted by Crippen LogP contribution is 2.31. The van der Waals surface area contributed by atoms with Crippen molar-refractivity contribution in [1.82, 2.24) is 5.32 Å². The van der Waals surface area contributed by atoms with Gasteiger partial charge in [0.1, 0.15) is 5.84 Å². The molecule has 1 aliphatic heterocycles. The molecule has 0 radical (unpaired) electrons. The maximum Gasteiger partial charge on any atom is 0.104 e. The molecule has 0 amide bonds. The average molecular weight is 170 g/mol. The lowest BCUT2D eigenvalue weighted by Crippen LogP contribution is -2.48. The molecule has 2 atom stereocenters. The summed E-state index contributed by atoms with van der Waals surface area (Å²) in [4.78, 5) is 0. The highest BCUT2D eigenvalue weighted by Gasteiger charge is 2.29. The summed E-state index contributed by atoms with van der Waals surface area (Å²) < 4.78 is 0. The van der Waals surface area contributed by atoms with E-state index < -0.39 is 0 Å². The van der Waals surface area contributed by atoms with Crippen LogP contribution in [0.4, 0.5) is 0 Å². The maximum absolute atomic E-state index is 7.48. The van der Waals surface area contributed by atoms with Crippen LogP contribution < -0.4 is 5.32 Å². The second-order valence-electron chi connectivity index (χ2n) is 3.36. The van der Waals surface area contributed by atoms with E-state index in [4.69, 9.17) is 5.41 Å². The Morgan fingerprint density at radius 3 is 3.09 bits per heavy atom. The zero-order valence-corrected chi connectivity index (χ0v) is 7.41. The van der Waals surface area contributed by atoms with Crippen molar-refractivity contribution in [3.63, 3.8) is 0 Å². The number of amidine groups is 1. The number of thioether (sulfide) groups is 1. The molecular weight excluding hydrogens is 156 g/mol. The summed E-state index contributed by atoms with van der Waals surface area (Å²) in [5, 5.41) is 11.6. The normalized spacial score (nSPS) is 37.6. The molecule has 2 rings (SSSR count). The first-order valence-electron chi connectivity index (χ1n) is 4.32. The molecule has 0 unspecified atom stereocenters. The van der Waals surface area contributed by atoms with Crippen LogP contribution in [0.25, 0.3) is 0 Å². The van der Waals surface area contributed by atoms with Crippen molar-refractivity contribution in [2.75, 3.05) is 5.75 Å². The van der Waals surface area contributed by atoms with Gasteiger partial charge in [-0.05, 0) is 12.8 Å². The first-order chi connectivity index (χ1) is 5.36. The van der Waals surface area contributed by atoms with Crippen molar-refractivity contribution in [3.05, 3.63) is 0 Å². The van der Waals surface area contributed by atoms with Gasteiger partial charge in [-0.2, -0.15) is 0 Å². The highest BCUT2D eigenvalue weighted by atomic mass is 32.2. The topological polar surface area (TPSA) is 35.9 Å². The first kappa shape index (κ1) is 7.47. The Bertz CT molecular complexity index is 169. The Hall–Kier alpha value is -0.180. The van der Waals surface area contributed by atoms with Crippen LogP contribution >= 0.6 is 11.8 Å². The van der Waals surface area contributed by atoms with Crippen LogP contribution in [-0.4, -0.2) is 22.9 Å². The molecule has 0 aromatic carbocycles. The Kier molecular flexibility index (Phi) is 2.07. The van der Waals surface area contributed by atoms with Gasteiger partial charge in [0.05, 0.1) is 5.75 Å². The van der Waals surface area contributed by atoms with Crippen LogP contribution in [0.15, 0.2) is 0 Å². The molecule has 3 heteroatoms. The average Bonchev–Trinajstić information content (AvgIpc) is 2.04. The van der Waals surface area contributed by atoms with Gasteiger partial charge >= 0.3 is 0 Å². The molecule has 0 aromatic heterocycles. The van der Waals surface area contributed by atoms with Gasteiger partial charge in [-0.25, -0.2) is 0 Å². The van der Waals surface area contributed by atoms with E-state index in [0.717, 1.165) is 16.8 Å². The van der Waals surface area contributed by atoms with Crippen LogP contribution in [0.5, 0.6) is 0 Å². The van der Waals surface area contributed by atoms with Crippen molar-refractivity contribution < 1.29 is 0 Å². The van der Waals surface area contributed by atoms with Crippen molar-refractivity contribution >= 4 is 17.6 Å². The lowest BCUT2D eigenvalue weighted by Gasteiger charge is -2.36. The van der Waals surface area contributed by atoms with E-state index >= 15 is 0 Å². The van der Waals surface area contributed by atoms with E-state index in [9.17, 15) is 0 Å². The molecule has 0 aromatic rings. The third-order valence-electron chi connectivity index (χ3n) is 2.50. The predicted octanol–water partition coefficient (Wildman–Crippen LogP) is 1.61. The van der Waals surface area contributed by atoms with Gasteiger partial charge < -0.3 is 5.32 Å². The summed E-state index contributed by atoms with van der Waals surface area (Å²) in [5.41, 5.74) is 0. The summed E-state index contributed by atoms with van der Waals surface area (Å²) in [7, 11) is 0. The lowest BCUT2D eigenvalue weighted by molar-refractivity contribution is 0.420. The molecule has 2 fully saturated rings. The highest BCUT2D eigenvalue weighted by molar-refractivity contribution is 8.00. The van der Waals surface area contributed by atoms with Crippen LogP contribution in [0.2, 0.25) is 0 Å². The van der Waals surface area contributed by atoms with E-state index in [-0.39, 0.29) is 0 Å². The second-order valence-corrected chi connectivity index (χ2v) is 4.59. The summed E-state index contributed by atoms with van der Waals surface area (Å²) in [6, 6.07) is 0.620. The summed E-state index contributed by atoms with van der Waals surface area (Å²) >= 11 is 1.97. The Morgan fingerprint density at radius 1 is 1.36 bits per heavy atom. The molecular formula is C8H14N2S. The van der Waals surface area contributed by atoms with Gasteiger partial charge in [-0.1, -0.05) is 12.8 Å². The molecule has 62 valence electrons. The first-order valence-corrected chi connectivity index (χ1v) is 5.37. The Labute approximate surface area is 71.6 Å². The predicted molar refractivity (Wildman–Crippen MR) is 49.4 cm³/mol. The number of fused-ring (bicyclic) bond motifs is 1. The number of hydrogen-bond acceptors (Lipinski definition) is 2. The minimum Gasteiger partial charge on any atom is -0.369 e. The summed E-state index contributed by atoms with van der Waals surface area (Å²) in [6.45, 7) is 0. The van der Waals surface area contributed by atoms with Gasteiger partial charge in [0.15, 0.2) is 0 Å². The van der Waals surface area contributed by atoms with E-state index in [1.165, 1.54) is 25.7 Å². The van der Waals surface area contributed by atoms with E-state index in [2.05, 4.69) is 5.32 Å². The van der Waals surface area contributed by atoms with Crippen molar-refractivity contribution in [3.8, 4) is 0 Å². The monoisotopic (exact) mass is 170 g/mol. The van der Waals surface area contributed by atoms with Crippen molar-refractivity contribution in [1.29, 1.82) is 5.41 Å². The molecule has 1 heterocycles. The zero-order chi connectivity index (χ0) is 7.68. The van der Waals surface area contributed by atoms with Crippen LogP contribution in [0.3, 0.4) is 0 Å². The fraction of sp³-hybridized carbons (Fsp3) is 0.875. The van der Waals surface area contributed by atoms with Crippen LogP contribution in [0.1, 0.15) is 25.7 Å². The Morgan fingerprint density at radius 2 is 2.18 bits per heavy atom. The summed E-state index contributed by atoms with van der Waals surface area (Å²) in [5.74, 6) is 1.64. The molecule has 1 saturated carbocycles. The van der Waals surface area contributed by atoms with Gasteiger partial charge in [0.2, 0.25) is 0 Å². The second kappa shape index (κ2) is 3.05. The lowest BCUT2D eigenvalue weighted by atomic mass is 9.94. The van der Waals surface area contributed by atoms with Crippen LogP contribution in [-0.2, 0) is 0 Å². The number of rotatable bonds is 0.